The molecule has 0 radical (unpaired) electrons. The van der Waals surface area contributed by atoms with Gasteiger partial charge in [-0.2, -0.15) is 0 Å². The van der Waals surface area contributed by atoms with Gasteiger partial charge in [-0.05, 0) is 53.4 Å². The number of halogens is 1. The number of aromatic nitrogens is 1. The number of hydrogen-bond donors (Lipinski definition) is 0. The molecule has 0 atom stereocenters. The number of benzene rings is 1. The summed E-state index contributed by atoms with van der Waals surface area (Å²) >= 11 is 5.22. The molecule has 1 aromatic heterocycles. The van der Waals surface area contributed by atoms with Gasteiger partial charge in [-0.25, -0.2) is 4.98 Å². The smallest absolute Gasteiger partial charge is 0.134 e. The minimum absolute atomic E-state index is 0.530. The highest BCUT2D eigenvalue weighted by Gasteiger charge is 2.05. The molecule has 0 bridgehead atoms. The van der Waals surface area contributed by atoms with E-state index >= 15 is 0 Å². The summed E-state index contributed by atoms with van der Waals surface area (Å²) in [6.45, 7) is 4.76. The Labute approximate surface area is 120 Å². The van der Waals surface area contributed by atoms with E-state index in [1.165, 1.54) is 10.6 Å². The van der Waals surface area contributed by atoms with Gasteiger partial charge in [-0.3, -0.25) is 0 Å². The molecule has 2 rings (SSSR count). The van der Waals surface area contributed by atoms with Crippen LogP contribution < -0.4 is 4.74 Å². The first-order valence-corrected chi connectivity index (χ1v) is 7.68. The number of rotatable bonds is 5. The van der Waals surface area contributed by atoms with E-state index in [1.54, 1.807) is 11.3 Å². The molecule has 18 heavy (non-hydrogen) atoms. The van der Waals surface area contributed by atoms with E-state index in [2.05, 4.69) is 46.2 Å². The number of ether oxygens (including phenoxy) is 1. The highest BCUT2D eigenvalue weighted by atomic mass is 79.9. The quantitative estimate of drug-likeness (QED) is 0.791. The maximum atomic E-state index is 5.77. The summed E-state index contributed by atoms with van der Waals surface area (Å²) in [4.78, 5) is 4.54. The van der Waals surface area contributed by atoms with Gasteiger partial charge in [0.15, 0.2) is 0 Å². The molecule has 4 heteroatoms. The molecule has 1 aromatic carbocycles. The van der Waals surface area contributed by atoms with Crippen molar-refractivity contribution < 1.29 is 4.74 Å². The van der Waals surface area contributed by atoms with Crippen LogP contribution in [0.1, 0.15) is 29.6 Å². The van der Waals surface area contributed by atoms with Crippen molar-refractivity contribution in [3.8, 4) is 5.75 Å². The second kappa shape index (κ2) is 6.34. The zero-order valence-electron chi connectivity index (χ0n) is 10.6. The maximum Gasteiger partial charge on any atom is 0.134 e. The molecule has 0 saturated carbocycles. The van der Waals surface area contributed by atoms with E-state index < -0.39 is 0 Å². The van der Waals surface area contributed by atoms with Crippen molar-refractivity contribution in [1.29, 1.82) is 0 Å². The van der Waals surface area contributed by atoms with Crippen LogP contribution in [0.25, 0.3) is 0 Å². The lowest BCUT2D eigenvalue weighted by Gasteiger charge is -2.07. The van der Waals surface area contributed by atoms with E-state index in [1.807, 2.05) is 12.1 Å². The predicted octanol–water partition coefficient (Wildman–Crippen LogP) is 4.75. The zero-order valence-corrected chi connectivity index (χ0v) is 13.0. The van der Waals surface area contributed by atoms with Crippen LogP contribution in [0, 0.1) is 6.92 Å². The Morgan fingerprint density at radius 3 is 2.94 bits per heavy atom. The van der Waals surface area contributed by atoms with Crippen molar-refractivity contribution in [3.63, 3.8) is 0 Å². The van der Waals surface area contributed by atoms with Crippen LogP contribution in [0.4, 0.5) is 0 Å². The minimum atomic E-state index is 0.530. The van der Waals surface area contributed by atoms with Crippen molar-refractivity contribution in [1.82, 2.24) is 4.98 Å². The highest BCUT2D eigenvalue weighted by molar-refractivity contribution is 9.10. The lowest BCUT2D eigenvalue weighted by molar-refractivity contribution is 0.300. The molecule has 0 N–H and O–H groups in total. The van der Waals surface area contributed by atoms with Crippen molar-refractivity contribution >= 4 is 27.3 Å². The number of nitrogens with zero attached hydrogens (tertiary/aromatic N) is 1. The van der Waals surface area contributed by atoms with Crippen LogP contribution in [0.15, 0.2) is 28.1 Å². The molecule has 0 amide bonds. The Kier molecular flexibility index (Phi) is 4.78. The summed E-state index contributed by atoms with van der Waals surface area (Å²) < 4.78 is 6.76. The van der Waals surface area contributed by atoms with Gasteiger partial charge in [0.25, 0.3) is 0 Å². The summed E-state index contributed by atoms with van der Waals surface area (Å²) in [6.07, 6.45) is 2.19. The van der Waals surface area contributed by atoms with Gasteiger partial charge in [0, 0.05) is 5.38 Å². The normalized spacial score (nSPS) is 10.6. The molecule has 0 fully saturated rings. The Morgan fingerprint density at radius 1 is 1.39 bits per heavy atom. The second-order valence-corrected chi connectivity index (χ2v) is 6.00. The van der Waals surface area contributed by atoms with Gasteiger partial charge in [0.2, 0.25) is 0 Å². The van der Waals surface area contributed by atoms with Crippen LogP contribution in [0.2, 0.25) is 0 Å². The Hall–Kier alpha value is -0.870. The average Bonchev–Trinajstić information content (AvgIpc) is 2.76. The highest BCUT2D eigenvalue weighted by Crippen LogP contribution is 2.26. The Morgan fingerprint density at radius 2 is 2.22 bits per heavy atom. The van der Waals surface area contributed by atoms with Crippen molar-refractivity contribution in [2.24, 2.45) is 0 Å². The minimum Gasteiger partial charge on any atom is -0.486 e. The molecular weight excluding hydrogens is 310 g/mol. The third-order valence-corrected chi connectivity index (χ3v) is 4.10. The number of hydrogen-bond acceptors (Lipinski definition) is 3. The van der Waals surface area contributed by atoms with Crippen LogP contribution >= 0.6 is 27.3 Å². The van der Waals surface area contributed by atoms with Crippen molar-refractivity contribution in [2.75, 3.05) is 0 Å². The van der Waals surface area contributed by atoms with Crippen LogP contribution in [0.3, 0.4) is 0 Å². The number of thiazole rings is 1. The van der Waals surface area contributed by atoms with Crippen LogP contribution in [-0.2, 0) is 13.0 Å². The summed E-state index contributed by atoms with van der Waals surface area (Å²) in [7, 11) is 0. The monoisotopic (exact) mass is 325 g/mol. The van der Waals surface area contributed by atoms with E-state index in [-0.39, 0.29) is 0 Å². The predicted molar refractivity (Wildman–Crippen MR) is 79.3 cm³/mol. The molecule has 0 aliphatic rings. The van der Waals surface area contributed by atoms with Crippen molar-refractivity contribution in [2.45, 2.75) is 33.3 Å². The zero-order chi connectivity index (χ0) is 13.0. The summed E-state index contributed by atoms with van der Waals surface area (Å²) in [6, 6.07) is 6.08. The lowest BCUT2D eigenvalue weighted by atomic mass is 10.2. The molecule has 96 valence electrons. The van der Waals surface area contributed by atoms with E-state index in [9.17, 15) is 0 Å². The molecule has 0 aliphatic carbocycles. The fraction of sp³-hybridized carbons (Fsp3) is 0.357. The van der Waals surface area contributed by atoms with Gasteiger partial charge in [-0.1, -0.05) is 13.0 Å². The van der Waals surface area contributed by atoms with Gasteiger partial charge in [0.1, 0.15) is 12.4 Å². The standard InChI is InChI=1S/C14H16BrNOS/c1-3-4-14-16-11(9-18-14)8-17-13-6-5-10(2)7-12(13)15/h5-7,9H,3-4,8H2,1-2H3. The molecule has 0 unspecified atom stereocenters. The lowest BCUT2D eigenvalue weighted by Crippen LogP contribution is -1.97. The largest absolute Gasteiger partial charge is 0.486 e. The fourth-order valence-electron chi connectivity index (χ4n) is 1.62. The molecule has 2 nitrogen and oxygen atoms in total. The van der Waals surface area contributed by atoms with E-state index in [4.69, 9.17) is 4.74 Å². The topological polar surface area (TPSA) is 22.1 Å². The number of aryl methyl sites for hydroxylation is 2. The molecule has 0 spiro atoms. The SMILES string of the molecule is CCCc1nc(COc2ccc(C)cc2Br)cs1. The molecule has 2 aromatic rings. The average molecular weight is 326 g/mol. The molecule has 0 aliphatic heterocycles. The van der Waals surface area contributed by atoms with Gasteiger partial charge in [-0.15, -0.1) is 11.3 Å². The first-order valence-electron chi connectivity index (χ1n) is 6.01. The van der Waals surface area contributed by atoms with Gasteiger partial charge in [0.05, 0.1) is 15.2 Å². The molecular formula is C14H16BrNOS. The van der Waals surface area contributed by atoms with Crippen LogP contribution in [0.5, 0.6) is 5.75 Å². The molecule has 0 saturated heterocycles. The summed E-state index contributed by atoms with van der Waals surface area (Å²) in [5.74, 6) is 0.866. The van der Waals surface area contributed by atoms with E-state index in [0.29, 0.717) is 6.61 Å². The molecule has 1 heterocycles. The third-order valence-electron chi connectivity index (χ3n) is 2.53. The maximum absolute atomic E-state index is 5.77. The van der Waals surface area contributed by atoms with Crippen molar-refractivity contribution in [3.05, 3.63) is 44.3 Å². The first kappa shape index (κ1) is 13.6. The Bertz CT molecular complexity index is 524. The van der Waals surface area contributed by atoms with E-state index in [0.717, 1.165) is 28.8 Å². The second-order valence-electron chi connectivity index (χ2n) is 4.21. The van der Waals surface area contributed by atoms with Crippen LogP contribution in [-0.4, -0.2) is 4.98 Å². The fourth-order valence-corrected chi connectivity index (χ4v) is 3.11. The third kappa shape index (κ3) is 3.56. The Balaban J connectivity index is 1.97. The first-order chi connectivity index (χ1) is 8.69. The van der Waals surface area contributed by atoms with Gasteiger partial charge < -0.3 is 4.74 Å². The summed E-state index contributed by atoms with van der Waals surface area (Å²) in [5, 5.41) is 3.27. The summed E-state index contributed by atoms with van der Waals surface area (Å²) in [5.41, 5.74) is 2.23. The van der Waals surface area contributed by atoms with Gasteiger partial charge >= 0.3 is 0 Å².